The second kappa shape index (κ2) is 6.53. The number of nitrogens with one attached hydrogen (secondary N) is 1. The Morgan fingerprint density at radius 1 is 1.42 bits per heavy atom. The van der Waals surface area contributed by atoms with Crippen LogP contribution in [0.3, 0.4) is 0 Å². The maximum atomic E-state index is 11.6. The van der Waals surface area contributed by atoms with Gasteiger partial charge in [-0.3, -0.25) is 4.79 Å². The zero-order valence-electron chi connectivity index (χ0n) is 10.8. The lowest BCUT2D eigenvalue weighted by Crippen LogP contribution is -2.25. The minimum Gasteiger partial charge on any atom is -0.481 e. The van der Waals surface area contributed by atoms with E-state index in [1.807, 2.05) is 0 Å². The number of anilines is 1. The van der Waals surface area contributed by atoms with Crippen molar-refractivity contribution in [2.24, 2.45) is 0 Å². The first-order chi connectivity index (χ1) is 8.84. The zero-order chi connectivity index (χ0) is 14.5. The van der Waals surface area contributed by atoms with Gasteiger partial charge in [0.25, 0.3) is 0 Å². The van der Waals surface area contributed by atoms with Crippen molar-refractivity contribution in [3.05, 3.63) is 24.3 Å². The molecular weight excluding hydrogens is 270 g/mol. The van der Waals surface area contributed by atoms with Gasteiger partial charge < -0.3 is 15.2 Å². The highest BCUT2D eigenvalue weighted by atomic mass is 32.2. The predicted octanol–water partition coefficient (Wildman–Crippen LogP) is 0.992. The Bertz CT molecular complexity index is 541. The van der Waals surface area contributed by atoms with Crippen molar-refractivity contribution in [3.8, 4) is 0 Å². The standard InChI is InChI=1S/C12H17NO5S/c1-18-9(7-12(14)15)8-13-10-5-3-4-6-11(10)19(2,16)17/h3-6,9,13H,7-8H2,1-2H3,(H,14,15). The summed E-state index contributed by atoms with van der Waals surface area (Å²) in [6.45, 7) is 0.218. The van der Waals surface area contributed by atoms with Crippen molar-refractivity contribution in [2.75, 3.05) is 25.2 Å². The number of hydrogen-bond acceptors (Lipinski definition) is 5. The lowest BCUT2D eigenvalue weighted by atomic mass is 10.2. The van der Waals surface area contributed by atoms with Gasteiger partial charge in [0.1, 0.15) is 0 Å². The number of carboxylic acids is 1. The highest BCUT2D eigenvalue weighted by Crippen LogP contribution is 2.20. The number of sulfone groups is 1. The van der Waals surface area contributed by atoms with Gasteiger partial charge in [-0.25, -0.2) is 8.42 Å². The van der Waals surface area contributed by atoms with Crippen molar-refractivity contribution in [1.82, 2.24) is 0 Å². The number of hydrogen-bond donors (Lipinski definition) is 2. The fraction of sp³-hybridized carbons (Fsp3) is 0.417. The summed E-state index contributed by atoms with van der Waals surface area (Å²) in [5.74, 6) is -0.968. The summed E-state index contributed by atoms with van der Waals surface area (Å²) in [5, 5.41) is 11.6. The smallest absolute Gasteiger partial charge is 0.306 e. The molecule has 1 atom stereocenters. The molecule has 19 heavy (non-hydrogen) atoms. The van der Waals surface area contributed by atoms with Crippen molar-refractivity contribution < 1.29 is 23.1 Å². The third-order valence-corrected chi connectivity index (χ3v) is 3.70. The van der Waals surface area contributed by atoms with E-state index in [-0.39, 0.29) is 17.9 Å². The summed E-state index contributed by atoms with van der Waals surface area (Å²) < 4.78 is 28.2. The highest BCUT2D eigenvalue weighted by Gasteiger charge is 2.15. The van der Waals surface area contributed by atoms with Crippen LogP contribution in [0.25, 0.3) is 0 Å². The Hall–Kier alpha value is -1.60. The predicted molar refractivity (Wildman–Crippen MR) is 71.1 cm³/mol. The summed E-state index contributed by atoms with van der Waals surface area (Å²) in [4.78, 5) is 10.8. The summed E-state index contributed by atoms with van der Waals surface area (Å²) in [5.41, 5.74) is 0.442. The minimum absolute atomic E-state index is 0.148. The van der Waals surface area contributed by atoms with Gasteiger partial charge in [-0.1, -0.05) is 12.1 Å². The van der Waals surface area contributed by atoms with E-state index >= 15 is 0 Å². The number of aliphatic carboxylic acids is 1. The highest BCUT2D eigenvalue weighted by molar-refractivity contribution is 7.90. The quantitative estimate of drug-likeness (QED) is 0.777. The van der Waals surface area contributed by atoms with Gasteiger partial charge in [-0.05, 0) is 12.1 Å². The molecule has 1 aromatic carbocycles. The van der Waals surface area contributed by atoms with E-state index in [0.29, 0.717) is 5.69 Å². The van der Waals surface area contributed by atoms with Crippen molar-refractivity contribution in [2.45, 2.75) is 17.4 Å². The van der Waals surface area contributed by atoms with Crippen LogP contribution in [0.1, 0.15) is 6.42 Å². The summed E-state index contributed by atoms with van der Waals surface area (Å²) in [7, 11) is -1.92. The maximum Gasteiger partial charge on any atom is 0.306 e. The molecule has 0 aliphatic rings. The Morgan fingerprint density at radius 2 is 2.05 bits per heavy atom. The molecule has 1 aromatic rings. The molecule has 0 saturated heterocycles. The van der Waals surface area contributed by atoms with Crippen LogP contribution in [-0.4, -0.2) is 45.5 Å². The minimum atomic E-state index is -3.33. The van der Waals surface area contributed by atoms with Gasteiger partial charge in [0.2, 0.25) is 0 Å². The summed E-state index contributed by atoms with van der Waals surface area (Å²) in [6, 6.07) is 6.46. The number of benzene rings is 1. The number of para-hydroxylation sites is 1. The molecule has 1 rings (SSSR count). The Morgan fingerprint density at radius 3 is 2.58 bits per heavy atom. The number of carboxylic acid groups (broad SMARTS) is 1. The van der Waals surface area contributed by atoms with Crippen LogP contribution in [0.2, 0.25) is 0 Å². The van der Waals surface area contributed by atoms with E-state index in [1.165, 1.54) is 13.2 Å². The molecule has 0 aliphatic heterocycles. The molecule has 6 nitrogen and oxygen atoms in total. The van der Waals surface area contributed by atoms with E-state index in [9.17, 15) is 13.2 Å². The molecule has 7 heteroatoms. The van der Waals surface area contributed by atoms with Gasteiger partial charge in [-0.15, -0.1) is 0 Å². The monoisotopic (exact) mass is 287 g/mol. The third kappa shape index (κ3) is 4.88. The Balaban J connectivity index is 2.80. The van der Waals surface area contributed by atoms with Crippen LogP contribution < -0.4 is 5.32 Å². The van der Waals surface area contributed by atoms with E-state index in [1.54, 1.807) is 18.2 Å². The molecule has 1 unspecified atom stereocenters. The lowest BCUT2D eigenvalue weighted by molar-refractivity contribution is -0.139. The van der Waals surface area contributed by atoms with E-state index < -0.39 is 21.9 Å². The largest absolute Gasteiger partial charge is 0.481 e. The molecule has 2 N–H and O–H groups in total. The zero-order valence-corrected chi connectivity index (χ0v) is 11.6. The fourth-order valence-corrected chi connectivity index (χ4v) is 2.46. The normalized spacial score (nSPS) is 12.9. The maximum absolute atomic E-state index is 11.6. The SMILES string of the molecule is COC(CNc1ccccc1S(C)(=O)=O)CC(=O)O. The molecular formula is C12H17NO5S. The van der Waals surface area contributed by atoms with Gasteiger partial charge in [0, 0.05) is 19.9 Å². The molecule has 106 valence electrons. The Labute approximate surface area is 112 Å². The van der Waals surface area contributed by atoms with Crippen LogP contribution in [0.5, 0.6) is 0 Å². The molecule has 0 saturated carbocycles. The summed E-state index contributed by atoms with van der Waals surface area (Å²) in [6.07, 6.45) is 0.452. The average Bonchev–Trinajstić information content (AvgIpc) is 2.33. The lowest BCUT2D eigenvalue weighted by Gasteiger charge is -2.16. The van der Waals surface area contributed by atoms with Gasteiger partial charge in [0.05, 0.1) is 23.1 Å². The van der Waals surface area contributed by atoms with Crippen molar-refractivity contribution in [1.29, 1.82) is 0 Å². The summed E-state index contributed by atoms with van der Waals surface area (Å²) >= 11 is 0. The first kappa shape index (κ1) is 15.5. The number of ether oxygens (including phenoxy) is 1. The first-order valence-corrected chi connectivity index (χ1v) is 7.51. The molecule has 0 aromatic heterocycles. The van der Waals surface area contributed by atoms with Gasteiger partial charge in [-0.2, -0.15) is 0 Å². The number of rotatable bonds is 7. The second-order valence-electron chi connectivity index (χ2n) is 4.10. The van der Waals surface area contributed by atoms with Crippen LogP contribution in [-0.2, 0) is 19.4 Å². The molecule has 0 fully saturated rings. The fourth-order valence-electron chi connectivity index (χ4n) is 1.59. The first-order valence-electron chi connectivity index (χ1n) is 5.62. The molecule has 0 amide bonds. The third-order valence-electron chi connectivity index (χ3n) is 2.54. The van der Waals surface area contributed by atoms with Crippen LogP contribution in [0.4, 0.5) is 5.69 Å². The van der Waals surface area contributed by atoms with E-state index in [4.69, 9.17) is 9.84 Å². The molecule has 0 bridgehead atoms. The molecule has 0 aliphatic carbocycles. The molecule has 0 heterocycles. The van der Waals surface area contributed by atoms with Crippen molar-refractivity contribution >= 4 is 21.5 Å². The Kier molecular flexibility index (Phi) is 5.31. The van der Waals surface area contributed by atoms with E-state index in [0.717, 1.165) is 6.26 Å². The second-order valence-corrected chi connectivity index (χ2v) is 6.09. The number of carbonyl (C=O) groups is 1. The topological polar surface area (TPSA) is 92.7 Å². The van der Waals surface area contributed by atoms with Crippen molar-refractivity contribution in [3.63, 3.8) is 0 Å². The van der Waals surface area contributed by atoms with E-state index in [2.05, 4.69) is 5.32 Å². The number of methoxy groups -OCH3 is 1. The van der Waals surface area contributed by atoms with Gasteiger partial charge in [0.15, 0.2) is 9.84 Å². The molecule has 0 radical (unpaired) electrons. The van der Waals surface area contributed by atoms with Crippen LogP contribution in [0.15, 0.2) is 29.2 Å². The average molecular weight is 287 g/mol. The van der Waals surface area contributed by atoms with Crippen LogP contribution in [0, 0.1) is 0 Å². The van der Waals surface area contributed by atoms with Gasteiger partial charge >= 0.3 is 5.97 Å². The van der Waals surface area contributed by atoms with Crippen LogP contribution >= 0.6 is 0 Å². The molecule has 0 spiro atoms.